The first kappa shape index (κ1) is 49.3. The van der Waals surface area contributed by atoms with Crippen LogP contribution in [0.25, 0.3) is 0 Å². The number of Topliss-reactive ketones (excluding diaryl/α,β-unsaturated/α-hetero) is 2. The Kier molecular flexibility index (Phi) is 47.8. The van der Waals surface area contributed by atoms with Gasteiger partial charge in [0, 0.05) is 59.5 Å². The van der Waals surface area contributed by atoms with Crippen molar-refractivity contribution in [2.24, 2.45) is 16.8 Å². The Morgan fingerprint density at radius 3 is 1.74 bits per heavy atom. The monoisotopic (exact) mass is 602 g/mol. The van der Waals surface area contributed by atoms with Crippen LogP contribution in [0.3, 0.4) is 0 Å². The molecule has 0 spiro atoms. The number of methoxy groups -OCH3 is 3. The zero-order chi connectivity index (χ0) is 33.8. The highest BCUT2D eigenvalue weighted by atomic mass is 16.5. The van der Waals surface area contributed by atoms with E-state index in [9.17, 15) is 14.4 Å². The van der Waals surface area contributed by atoms with Crippen molar-refractivity contribution >= 4 is 29.8 Å². The van der Waals surface area contributed by atoms with Gasteiger partial charge < -0.3 is 19.5 Å². The number of carbonyl (C=O) groups excluding carboxylic acids is 4. The SMILES string of the molecule is C/C=C\C(=NC)NC(=O)C(C)CC.CCC(CCC(=O)C(C)C)OC.CCCCCC(=O)CCC.COC.COC=O. The Hall–Kier alpha value is -2.39. The van der Waals surface area contributed by atoms with Crippen LogP contribution in [0.15, 0.2) is 17.1 Å². The summed E-state index contributed by atoms with van der Waals surface area (Å²) in [4.78, 5) is 46.4. The van der Waals surface area contributed by atoms with Crippen LogP contribution < -0.4 is 5.32 Å². The maximum Gasteiger partial charge on any atom is 0.292 e. The molecule has 0 radical (unpaired) electrons. The molecule has 0 saturated heterocycles. The van der Waals surface area contributed by atoms with Gasteiger partial charge in [0.25, 0.3) is 6.47 Å². The Balaban J connectivity index is -0.000000147. The molecule has 0 aliphatic heterocycles. The first-order valence-corrected chi connectivity index (χ1v) is 15.2. The number of nitrogens with zero attached hydrogens (tertiary/aromatic N) is 1. The summed E-state index contributed by atoms with van der Waals surface area (Å²) in [6.07, 6.45) is 13.3. The fourth-order valence-electron chi connectivity index (χ4n) is 2.82. The Morgan fingerprint density at radius 2 is 1.40 bits per heavy atom. The minimum atomic E-state index is 0.0289. The van der Waals surface area contributed by atoms with Crippen LogP contribution in [0, 0.1) is 11.8 Å². The van der Waals surface area contributed by atoms with Crippen molar-refractivity contribution < 1.29 is 33.4 Å². The molecule has 9 nitrogen and oxygen atoms in total. The second-order valence-corrected chi connectivity index (χ2v) is 9.82. The predicted octanol–water partition coefficient (Wildman–Crippen LogP) is 7.16. The molecule has 2 unspecified atom stereocenters. The molecule has 0 aliphatic rings. The molecular formula is C33H66N2O7. The van der Waals surface area contributed by atoms with Crippen molar-refractivity contribution in [2.45, 2.75) is 126 Å². The van der Waals surface area contributed by atoms with Gasteiger partial charge in [0.05, 0.1) is 13.2 Å². The molecule has 0 saturated carbocycles. The number of nitrogens with one attached hydrogen (secondary N) is 1. The number of allylic oxidation sites excluding steroid dienone is 1. The molecule has 42 heavy (non-hydrogen) atoms. The predicted molar refractivity (Wildman–Crippen MR) is 176 cm³/mol. The van der Waals surface area contributed by atoms with Gasteiger partial charge in [-0.05, 0) is 45.1 Å². The average Bonchev–Trinajstić information content (AvgIpc) is 2.98. The zero-order valence-electron chi connectivity index (χ0n) is 29.3. The molecule has 1 N–H and O–H groups in total. The van der Waals surface area contributed by atoms with Crippen molar-refractivity contribution in [1.82, 2.24) is 5.32 Å². The lowest BCUT2D eigenvalue weighted by molar-refractivity contribution is -0.126. The van der Waals surface area contributed by atoms with E-state index < -0.39 is 0 Å². The number of ether oxygens (including phenoxy) is 3. The number of hydrogen-bond donors (Lipinski definition) is 1. The van der Waals surface area contributed by atoms with Gasteiger partial charge in [0.15, 0.2) is 0 Å². The standard InChI is InChI=1S/C10H18N2O.C10H20O2.C9H18O.C2H4O2.C2H6O/c1-5-7-9(11-4)12-10(13)8(3)6-2;1-5-9(12-4)6-7-10(11)8(2)3;1-3-5-6-8-9(10)7-4-2;1-4-2-3;1-3-2/h5,7-8H,6H2,1-4H3,(H,11,12,13);8-9H,5-7H2,1-4H3;3-8H2,1-2H3;2H,1H3;1-2H3/b7-5-;;;;. The summed E-state index contributed by atoms with van der Waals surface area (Å²) in [5.74, 6) is 1.64. The number of rotatable bonds is 16. The van der Waals surface area contributed by atoms with Crippen LogP contribution in [-0.2, 0) is 33.4 Å². The summed E-state index contributed by atoms with van der Waals surface area (Å²) in [7, 11) is 7.92. The Labute approximate surface area is 258 Å². The first-order valence-electron chi connectivity index (χ1n) is 15.2. The molecule has 2 atom stereocenters. The molecule has 0 aliphatic carbocycles. The van der Waals surface area contributed by atoms with E-state index in [4.69, 9.17) is 9.53 Å². The molecule has 0 aromatic heterocycles. The lowest BCUT2D eigenvalue weighted by Gasteiger charge is -2.12. The van der Waals surface area contributed by atoms with Gasteiger partial charge in [0.2, 0.25) is 5.91 Å². The van der Waals surface area contributed by atoms with Crippen molar-refractivity contribution in [2.75, 3.05) is 35.5 Å². The number of hydrogen-bond acceptors (Lipinski definition) is 8. The minimum absolute atomic E-state index is 0.0289. The molecule has 1 amide bonds. The number of carbonyl (C=O) groups is 4. The van der Waals surface area contributed by atoms with E-state index in [1.165, 1.54) is 20.0 Å². The Bertz CT molecular complexity index is 673. The van der Waals surface area contributed by atoms with Crippen LogP contribution >= 0.6 is 0 Å². The maximum atomic E-state index is 11.4. The van der Waals surface area contributed by atoms with Crippen molar-refractivity contribution in [3.05, 3.63) is 12.2 Å². The van der Waals surface area contributed by atoms with E-state index in [0.29, 0.717) is 30.3 Å². The van der Waals surface area contributed by atoms with E-state index in [-0.39, 0.29) is 23.8 Å². The quantitative estimate of drug-likeness (QED) is 0.0861. The van der Waals surface area contributed by atoms with Gasteiger partial charge in [-0.3, -0.25) is 24.2 Å². The lowest BCUT2D eigenvalue weighted by atomic mass is 10.0. The van der Waals surface area contributed by atoms with E-state index in [0.717, 1.165) is 44.9 Å². The summed E-state index contributed by atoms with van der Waals surface area (Å²) in [5, 5.41) is 2.74. The number of amidine groups is 1. The number of amides is 1. The molecule has 9 heteroatoms. The van der Waals surface area contributed by atoms with E-state index in [1.807, 2.05) is 40.7 Å². The maximum absolute atomic E-state index is 11.4. The summed E-state index contributed by atoms with van der Waals surface area (Å²) in [6, 6.07) is 0. The fraction of sp³-hybridized carbons (Fsp3) is 0.788. The molecule has 0 heterocycles. The van der Waals surface area contributed by atoms with Crippen LogP contribution in [0.1, 0.15) is 120 Å². The number of ketones is 2. The van der Waals surface area contributed by atoms with Gasteiger partial charge in [-0.15, -0.1) is 0 Å². The van der Waals surface area contributed by atoms with E-state index in [1.54, 1.807) is 34.5 Å². The first-order chi connectivity index (χ1) is 19.9. The van der Waals surface area contributed by atoms with E-state index in [2.05, 4.69) is 40.6 Å². The van der Waals surface area contributed by atoms with Gasteiger partial charge in [-0.2, -0.15) is 0 Å². The molecule has 0 aromatic rings. The average molecular weight is 603 g/mol. The van der Waals surface area contributed by atoms with Gasteiger partial charge >= 0.3 is 0 Å². The zero-order valence-corrected chi connectivity index (χ0v) is 29.3. The molecule has 0 aromatic carbocycles. The van der Waals surface area contributed by atoms with Crippen LogP contribution in [-0.4, -0.2) is 71.4 Å². The minimum Gasteiger partial charge on any atom is -0.471 e. The summed E-state index contributed by atoms with van der Waals surface area (Å²) in [6.45, 7) is 16.3. The Morgan fingerprint density at radius 1 is 0.857 bits per heavy atom. The molecule has 250 valence electrons. The smallest absolute Gasteiger partial charge is 0.292 e. The molecule has 0 rings (SSSR count). The van der Waals surface area contributed by atoms with Crippen LogP contribution in [0.2, 0.25) is 0 Å². The second-order valence-electron chi connectivity index (χ2n) is 9.82. The highest BCUT2D eigenvalue weighted by Crippen LogP contribution is 2.09. The highest BCUT2D eigenvalue weighted by Gasteiger charge is 2.11. The largest absolute Gasteiger partial charge is 0.471 e. The third-order valence-electron chi connectivity index (χ3n) is 5.71. The van der Waals surface area contributed by atoms with E-state index >= 15 is 0 Å². The topological polar surface area (TPSA) is 120 Å². The fourth-order valence-corrected chi connectivity index (χ4v) is 2.82. The van der Waals surface area contributed by atoms with Gasteiger partial charge in [-0.25, -0.2) is 0 Å². The summed E-state index contributed by atoms with van der Waals surface area (Å²) in [5.41, 5.74) is 0. The number of aliphatic imine (C=N–C) groups is 1. The summed E-state index contributed by atoms with van der Waals surface area (Å²) < 4.78 is 13.3. The number of unbranched alkanes of at least 4 members (excludes halogenated alkanes) is 2. The highest BCUT2D eigenvalue weighted by molar-refractivity contribution is 6.04. The third-order valence-corrected chi connectivity index (χ3v) is 5.71. The second kappa shape index (κ2) is 40.7. The summed E-state index contributed by atoms with van der Waals surface area (Å²) >= 11 is 0. The normalized spacial score (nSPS) is 11.6. The van der Waals surface area contributed by atoms with Crippen molar-refractivity contribution in [3.63, 3.8) is 0 Å². The van der Waals surface area contributed by atoms with Crippen molar-refractivity contribution in [3.8, 4) is 0 Å². The van der Waals surface area contributed by atoms with Crippen molar-refractivity contribution in [1.29, 1.82) is 0 Å². The molecular weight excluding hydrogens is 536 g/mol. The molecule has 0 fully saturated rings. The van der Waals surface area contributed by atoms with Gasteiger partial charge in [0.1, 0.15) is 17.4 Å². The van der Waals surface area contributed by atoms with Gasteiger partial charge in [-0.1, -0.05) is 67.4 Å². The lowest BCUT2D eigenvalue weighted by Crippen LogP contribution is -2.33. The van der Waals surface area contributed by atoms with Crippen LogP contribution in [0.4, 0.5) is 0 Å². The molecule has 0 bridgehead atoms. The third kappa shape index (κ3) is 42.1. The van der Waals surface area contributed by atoms with Crippen LogP contribution in [0.5, 0.6) is 0 Å².